The molecule has 2 aromatic carbocycles. The van der Waals surface area contributed by atoms with E-state index < -0.39 is 32.4 Å². The van der Waals surface area contributed by atoms with Gasteiger partial charge < -0.3 is 9.84 Å². The van der Waals surface area contributed by atoms with E-state index in [9.17, 15) is 34.9 Å². The highest BCUT2D eigenvalue weighted by Gasteiger charge is 2.35. The lowest BCUT2D eigenvalue weighted by Gasteiger charge is -2.12. The van der Waals surface area contributed by atoms with Crippen LogP contribution in [-0.2, 0) is 11.3 Å². The van der Waals surface area contributed by atoms with Gasteiger partial charge in [0.1, 0.15) is 0 Å². The van der Waals surface area contributed by atoms with E-state index in [-0.39, 0.29) is 28.5 Å². The summed E-state index contributed by atoms with van der Waals surface area (Å²) in [5.74, 6) is -1.41. The van der Waals surface area contributed by atoms with Crippen LogP contribution in [0.2, 0.25) is 0 Å². The molecule has 1 heterocycles. The summed E-state index contributed by atoms with van der Waals surface area (Å²) in [6.45, 7) is -0.0843. The smallest absolute Gasteiger partial charge is 0.315 e. The molecule has 11 nitrogen and oxygen atoms in total. The van der Waals surface area contributed by atoms with Crippen molar-refractivity contribution < 1.29 is 29.3 Å². The maximum Gasteiger partial charge on any atom is 0.315 e. The molecule has 12 heteroatoms. The monoisotopic (exact) mass is 431 g/mol. The van der Waals surface area contributed by atoms with Crippen molar-refractivity contribution >= 4 is 40.4 Å². The van der Waals surface area contributed by atoms with Gasteiger partial charge in [-0.2, -0.15) is 0 Å². The Morgan fingerprint density at radius 1 is 1.13 bits per heavy atom. The van der Waals surface area contributed by atoms with E-state index in [1.807, 2.05) is 0 Å². The van der Waals surface area contributed by atoms with Crippen molar-refractivity contribution in [3.05, 3.63) is 72.7 Å². The summed E-state index contributed by atoms with van der Waals surface area (Å²) >= 11 is 0.653. The highest BCUT2D eigenvalue weighted by molar-refractivity contribution is 8.18. The third kappa shape index (κ3) is 4.07. The van der Waals surface area contributed by atoms with Crippen LogP contribution in [0.15, 0.2) is 41.3 Å². The number of non-ortho nitro benzene ring substituents is 1. The Kier molecular flexibility index (Phi) is 5.69. The average Bonchev–Trinajstić information content (AvgIpc) is 2.96. The summed E-state index contributed by atoms with van der Waals surface area (Å²) in [5, 5.41) is 31.1. The number of hydrogen-bond acceptors (Lipinski definition) is 9. The van der Waals surface area contributed by atoms with E-state index in [4.69, 9.17) is 4.74 Å². The molecule has 0 saturated carbocycles. The molecule has 0 atom stereocenters. The zero-order valence-corrected chi connectivity index (χ0v) is 16.1. The first-order valence-corrected chi connectivity index (χ1v) is 9.07. The normalized spacial score (nSPS) is 15.0. The lowest BCUT2D eigenvalue weighted by atomic mass is 10.1. The highest BCUT2D eigenvalue weighted by Crippen LogP contribution is 2.39. The van der Waals surface area contributed by atoms with Crippen LogP contribution < -0.4 is 4.74 Å². The first-order valence-electron chi connectivity index (χ1n) is 8.25. The summed E-state index contributed by atoms with van der Waals surface area (Å²) in [7, 11) is 1.22. The number of nitro benzene ring substituents is 2. The number of rotatable bonds is 6. The van der Waals surface area contributed by atoms with Gasteiger partial charge >= 0.3 is 5.69 Å². The van der Waals surface area contributed by atoms with Crippen molar-refractivity contribution in [2.75, 3.05) is 7.11 Å². The molecule has 1 saturated heterocycles. The van der Waals surface area contributed by atoms with Crippen molar-refractivity contribution in [1.82, 2.24) is 4.90 Å². The maximum absolute atomic E-state index is 12.6. The molecule has 154 valence electrons. The summed E-state index contributed by atoms with van der Waals surface area (Å²) in [6.07, 6.45) is 1.29. The third-order valence-electron chi connectivity index (χ3n) is 4.15. The van der Waals surface area contributed by atoms with Gasteiger partial charge in [-0.05, 0) is 35.0 Å². The number of nitro groups is 2. The molecule has 0 aromatic heterocycles. The Labute approximate surface area is 172 Å². The van der Waals surface area contributed by atoms with Crippen LogP contribution in [0.4, 0.5) is 16.2 Å². The van der Waals surface area contributed by atoms with Gasteiger partial charge in [0.2, 0.25) is 5.75 Å². The van der Waals surface area contributed by atoms with Crippen LogP contribution >= 0.6 is 11.8 Å². The Bertz CT molecular complexity index is 1100. The molecular weight excluding hydrogens is 418 g/mol. The number of amides is 2. The number of hydrogen-bond donors (Lipinski definition) is 1. The van der Waals surface area contributed by atoms with Gasteiger partial charge in [0.05, 0.1) is 28.4 Å². The zero-order chi connectivity index (χ0) is 22.0. The molecule has 30 heavy (non-hydrogen) atoms. The van der Waals surface area contributed by atoms with E-state index in [0.717, 1.165) is 11.0 Å². The molecule has 1 aliphatic rings. The standard InChI is InChI=1S/C18H13N3O8S/c1-29-14-7-11(6-13(16(14)22)21(27)28)8-15-17(23)19(18(24)30-15)9-10-2-4-12(5-3-10)20(25)26/h2-8,22H,9H2,1H3/b15-8+. The van der Waals surface area contributed by atoms with E-state index in [1.165, 1.54) is 43.5 Å². The lowest BCUT2D eigenvalue weighted by molar-refractivity contribution is -0.386. The van der Waals surface area contributed by atoms with Crippen molar-refractivity contribution in [3.63, 3.8) is 0 Å². The highest BCUT2D eigenvalue weighted by atomic mass is 32.2. The molecule has 0 spiro atoms. The Morgan fingerprint density at radius 2 is 1.80 bits per heavy atom. The van der Waals surface area contributed by atoms with Crippen LogP contribution in [0, 0.1) is 20.2 Å². The van der Waals surface area contributed by atoms with E-state index in [1.54, 1.807) is 0 Å². The van der Waals surface area contributed by atoms with E-state index >= 15 is 0 Å². The van der Waals surface area contributed by atoms with Crippen LogP contribution in [0.5, 0.6) is 11.5 Å². The minimum atomic E-state index is -0.796. The number of phenols is 1. The summed E-state index contributed by atoms with van der Waals surface area (Å²) < 4.78 is 4.91. The maximum atomic E-state index is 12.6. The molecule has 0 aliphatic carbocycles. The summed E-state index contributed by atoms with van der Waals surface area (Å²) in [6, 6.07) is 7.78. The quantitative estimate of drug-likeness (QED) is 0.411. The van der Waals surface area contributed by atoms with E-state index in [0.29, 0.717) is 17.3 Å². The number of thioether (sulfide) groups is 1. The fraction of sp³-hybridized carbons (Fsp3) is 0.111. The van der Waals surface area contributed by atoms with Gasteiger partial charge in [-0.25, -0.2) is 0 Å². The second kappa shape index (κ2) is 8.21. The fourth-order valence-corrected chi connectivity index (χ4v) is 3.52. The van der Waals surface area contributed by atoms with Gasteiger partial charge in [0.15, 0.2) is 5.75 Å². The SMILES string of the molecule is COc1cc(/C=C2/SC(=O)N(Cc3ccc([N+](=O)[O-])cc3)C2=O)cc([N+](=O)[O-])c1O. The van der Waals surface area contributed by atoms with Crippen LogP contribution in [-0.4, -0.2) is 38.1 Å². The second-order valence-corrected chi connectivity index (χ2v) is 7.03. The molecule has 2 aromatic rings. The number of benzene rings is 2. The van der Waals surface area contributed by atoms with Gasteiger partial charge in [-0.1, -0.05) is 12.1 Å². The number of nitrogens with zero attached hydrogens (tertiary/aromatic N) is 3. The summed E-state index contributed by atoms with van der Waals surface area (Å²) in [5.41, 5.74) is -0.00959. The van der Waals surface area contributed by atoms with Gasteiger partial charge in [0.25, 0.3) is 16.8 Å². The first kappa shape index (κ1) is 20.8. The predicted octanol–water partition coefficient (Wildman–Crippen LogP) is 3.45. The number of ether oxygens (including phenoxy) is 1. The molecule has 2 amide bonds. The molecule has 0 radical (unpaired) electrons. The van der Waals surface area contributed by atoms with Crippen molar-refractivity contribution in [2.45, 2.75) is 6.54 Å². The third-order valence-corrected chi connectivity index (χ3v) is 5.06. The number of aromatic hydroxyl groups is 1. The van der Waals surface area contributed by atoms with Crippen molar-refractivity contribution in [1.29, 1.82) is 0 Å². The second-order valence-electron chi connectivity index (χ2n) is 6.04. The molecular formula is C18H13N3O8S. The molecule has 0 unspecified atom stereocenters. The Morgan fingerprint density at radius 3 is 2.37 bits per heavy atom. The predicted molar refractivity (Wildman–Crippen MR) is 106 cm³/mol. The van der Waals surface area contributed by atoms with Gasteiger partial charge in [0, 0.05) is 18.2 Å². The van der Waals surface area contributed by atoms with Crippen LogP contribution in [0.25, 0.3) is 6.08 Å². The van der Waals surface area contributed by atoms with Crippen LogP contribution in [0.1, 0.15) is 11.1 Å². The van der Waals surface area contributed by atoms with E-state index in [2.05, 4.69) is 0 Å². The molecule has 1 aliphatic heterocycles. The van der Waals surface area contributed by atoms with Gasteiger partial charge in [-0.3, -0.25) is 34.7 Å². The molecule has 0 bridgehead atoms. The number of carbonyl (C=O) groups excluding carboxylic acids is 2. The Hall–Kier alpha value is -3.93. The average molecular weight is 431 g/mol. The van der Waals surface area contributed by atoms with Crippen LogP contribution in [0.3, 0.4) is 0 Å². The minimum Gasteiger partial charge on any atom is -0.500 e. The number of carbonyl (C=O) groups is 2. The summed E-state index contributed by atoms with van der Waals surface area (Å²) in [4.78, 5) is 46.4. The number of imide groups is 1. The molecule has 1 N–H and O–H groups in total. The number of methoxy groups -OCH3 is 1. The fourth-order valence-electron chi connectivity index (χ4n) is 2.69. The topological polar surface area (TPSA) is 153 Å². The Balaban J connectivity index is 1.87. The van der Waals surface area contributed by atoms with Crippen molar-refractivity contribution in [3.8, 4) is 11.5 Å². The lowest BCUT2D eigenvalue weighted by Crippen LogP contribution is -2.27. The zero-order valence-electron chi connectivity index (χ0n) is 15.3. The van der Waals surface area contributed by atoms with Crippen molar-refractivity contribution in [2.24, 2.45) is 0 Å². The number of phenolic OH excluding ortho intramolecular Hbond substituents is 1. The minimum absolute atomic E-state index is 0.0314. The largest absolute Gasteiger partial charge is 0.500 e. The first-order chi connectivity index (χ1) is 14.2. The molecule has 1 fully saturated rings. The molecule has 3 rings (SSSR count). The van der Waals surface area contributed by atoms with Gasteiger partial charge in [-0.15, -0.1) is 0 Å².